The fraction of sp³-hybridized carbons (Fsp3) is 0.364. The highest BCUT2D eigenvalue weighted by molar-refractivity contribution is 5.94. The van der Waals surface area contributed by atoms with E-state index in [4.69, 9.17) is 5.73 Å². The van der Waals surface area contributed by atoms with Crippen molar-refractivity contribution in [3.63, 3.8) is 0 Å². The Bertz CT molecular complexity index is 1040. The summed E-state index contributed by atoms with van der Waals surface area (Å²) >= 11 is 0. The van der Waals surface area contributed by atoms with Crippen LogP contribution in [-0.2, 0) is 18.4 Å². The number of carbonyl (C=O) groups excluding carboxylic acids is 1. The third-order valence-electron chi connectivity index (χ3n) is 6.20. The number of piperidine rings is 1. The van der Waals surface area contributed by atoms with E-state index in [2.05, 4.69) is 15.1 Å². The van der Waals surface area contributed by atoms with Gasteiger partial charge in [-0.3, -0.25) is 9.48 Å². The Morgan fingerprint density at radius 1 is 1.24 bits per heavy atom. The van der Waals surface area contributed by atoms with Gasteiger partial charge in [-0.2, -0.15) is 5.10 Å². The van der Waals surface area contributed by atoms with Crippen LogP contribution in [0.1, 0.15) is 46.4 Å². The van der Waals surface area contributed by atoms with Crippen LogP contribution in [0.5, 0.6) is 0 Å². The van der Waals surface area contributed by atoms with Crippen molar-refractivity contribution in [3.8, 4) is 0 Å². The Hall–Kier alpha value is -3.22. The number of nitrogen functional groups attached to an aromatic ring is 1. The zero-order valence-electron chi connectivity index (χ0n) is 16.3. The molecule has 1 unspecified atom stereocenters. The van der Waals surface area contributed by atoms with Gasteiger partial charge >= 0.3 is 0 Å². The van der Waals surface area contributed by atoms with Crippen LogP contribution in [0.4, 0.5) is 5.95 Å². The zero-order valence-corrected chi connectivity index (χ0v) is 16.3. The number of nitrogens with two attached hydrogens (primary N) is 1. The molecule has 2 N–H and O–H groups in total. The number of fused-ring (bicyclic) bond motifs is 2. The first-order valence-electron chi connectivity index (χ1n) is 10.1. The average Bonchev–Trinajstić information content (AvgIpc) is 3.37. The molecule has 2 aromatic heterocycles. The lowest BCUT2D eigenvalue weighted by Crippen LogP contribution is -2.48. The average molecular weight is 388 g/mol. The first-order chi connectivity index (χ1) is 14.1. The van der Waals surface area contributed by atoms with E-state index in [-0.39, 0.29) is 11.3 Å². The van der Waals surface area contributed by atoms with E-state index in [0.29, 0.717) is 19.0 Å². The molecule has 1 amide bonds. The third kappa shape index (κ3) is 3.26. The van der Waals surface area contributed by atoms with E-state index < -0.39 is 0 Å². The summed E-state index contributed by atoms with van der Waals surface area (Å²) in [5, 5.41) is 4.25. The van der Waals surface area contributed by atoms with Crippen molar-refractivity contribution in [1.29, 1.82) is 0 Å². The highest BCUT2D eigenvalue weighted by Gasteiger charge is 2.44. The third-order valence-corrected chi connectivity index (χ3v) is 6.20. The number of nitrogens with zero attached hydrogens (tertiary/aromatic N) is 5. The Morgan fingerprint density at radius 2 is 2.17 bits per heavy atom. The molecule has 1 saturated heterocycles. The van der Waals surface area contributed by atoms with E-state index in [9.17, 15) is 4.79 Å². The molecule has 3 heterocycles. The van der Waals surface area contributed by atoms with Gasteiger partial charge in [-0.05, 0) is 55.0 Å². The van der Waals surface area contributed by atoms with E-state index >= 15 is 0 Å². The van der Waals surface area contributed by atoms with Gasteiger partial charge in [0.2, 0.25) is 5.95 Å². The van der Waals surface area contributed by atoms with Gasteiger partial charge in [0.15, 0.2) is 0 Å². The molecule has 1 aliphatic heterocycles. The van der Waals surface area contributed by atoms with Gasteiger partial charge in [0.05, 0.1) is 12.2 Å². The molecular weight excluding hydrogens is 364 g/mol. The normalized spacial score (nSPS) is 20.8. The molecule has 0 bridgehead atoms. The molecule has 1 spiro atoms. The number of amides is 1. The molecule has 2 aliphatic rings. The number of benzene rings is 1. The highest BCUT2D eigenvalue weighted by atomic mass is 16.2. The molecule has 7 heteroatoms. The van der Waals surface area contributed by atoms with Crippen LogP contribution in [-0.4, -0.2) is 43.6 Å². The largest absolute Gasteiger partial charge is 0.368 e. The van der Waals surface area contributed by atoms with Gasteiger partial charge in [0, 0.05) is 42.7 Å². The second-order valence-electron chi connectivity index (χ2n) is 8.12. The lowest BCUT2D eigenvalue weighted by molar-refractivity contribution is 0.0633. The van der Waals surface area contributed by atoms with Crippen molar-refractivity contribution in [2.45, 2.75) is 37.6 Å². The van der Waals surface area contributed by atoms with Crippen LogP contribution in [0.25, 0.3) is 0 Å². The lowest BCUT2D eigenvalue weighted by atomic mass is 9.77. The summed E-state index contributed by atoms with van der Waals surface area (Å²) in [6.07, 6.45) is 9.51. The Labute approximate surface area is 169 Å². The van der Waals surface area contributed by atoms with E-state index in [1.807, 2.05) is 52.3 Å². The van der Waals surface area contributed by atoms with Crippen molar-refractivity contribution in [2.24, 2.45) is 0 Å². The number of aryl methyl sites for hydroxylation is 1. The van der Waals surface area contributed by atoms with Gasteiger partial charge in [-0.25, -0.2) is 9.97 Å². The second-order valence-corrected chi connectivity index (χ2v) is 8.12. The molecule has 29 heavy (non-hydrogen) atoms. The highest BCUT2D eigenvalue weighted by Crippen LogP contribution is 2.44. The molecule has 1 aromatic carbocycles. The quantitative estimate of drug-likeness (QED) is 0.744. The summed E-state index contributed by atoms with van der Waals surface area (Å²) in [5.74, 6) is 0.404. The van der Waals surface area contributed by atoms with Crippen LogP contribution >= 0.6 is 0 Å². The first-order valence-corrected chi connectivity index (χ1v) is 10.1. The first kappa shape index (κ1) is 17.8. The van der Waals surface area contributed by atoms with Gasteiger partial charge in [-0.15, -0.1) is 0 Å². The molecule has 148 valence electrons. The number of carbonyl (C=O) groups is 1. The predicted octanol–water partition coefficient (Wildman–Crippen LogP) is 2.42. The summed E-state index contributed by atoms with van der Waals surface area (Å²) in [6.45, 7) is 2.13. The molecule has 5 rings (SSSR count). The fourth-order valence-electron chi connectivity index (χ4n) is 4.82. The van der Waals surface area contributed by atoms with Crippen LogP contribution in [0.15, 0.2) is 48.9 Å². The number of likely N-dealkylation sites (tertiary alicyclic amines) is 1. The number of anilines is 1. The molecule has 7 nitrogen and oxygen atoms in total. The topological polar surface area (TPSA) is 89.9 Å². The van der Waals surface area contributed by atoms with Gasteiger partial charge in [0.25, 0.3) is 5.91 Å². The maximum Gasteiger partial charge on any atom is 0.253 e. The lowest BCUT2D eigenvalue weighted by Gasteiger charge is -2.40. The summed E-state index contributed by atoms with van der Waals surface area (Å²) in [7, 11) is 0. The van der Waals surface area contributed by atoms with Crippen molar-refractivity contribution in [2.75, 3.05) is 18.8 Å². The van der Waals surface area contributed by atoms with Gasteiger partial charge in [-0.1, -0.05) is 12.1 Å². The summed E-state index contributed by atoms with van der Waals surface area (Å²) < 4.78 is 1.86. The molecule has 1 atom stereocenters. The van der Waals surface area contributed by atoms with E-state index in [0.717, 1.165) is 49.0 Å². The maximum atomic E-state index is 13.3. The van der Waals surface area contributed by atoms with Gasteiger partial charge < -0.3 is 10.6 Å². The molecule has 3 aromatic rings. The molecule has 0 saturated carbocycles. The Kier molecular flexibility index (Phi) is 4.30. The number of rotatable bonds is 3. The molecule has 1 fully saturated rings. The minimum atomic E-state index is -0.0903. The van der Waals surface area contributed by atoms with Crippen LogP contribution < -0.4 is 5.73 Å². The number of hydrogen-bond donors (Lipinski definition) is 1. The van der Waals surface area contributed by atoms with Crippen molar-refractivity contribution in [3.05, 3.63) is 71.3 Å². The smallest absolute Gasteiger partial charge is 0.253 e. The number of aromatic nitrogens is 4. The van der Waals surface area contributed by atoms with E-state index in [1.165, 1.54) is 5.56 Å². The maximum absolute atomic E-state index is 13.3. The van der Waals surface area contributed by atoms with Crippen LogP contribution in [0, 0.1) is 0 Å². The van der Waals surface area contributed by atoms with Crippen molar-refractivity contribution >= 4 is 11.9 Å². The second kappa shape index (κ2) is 6.99. The summed E-state index contributed by atoms with van der Waals surface area (Å²) in [6, 6.07) is 9.76. The molecule has 0 radical (unpaired) electrons. The Balaban J connectivity index is 1.38. The summed E-state index contributed by atoms with van der Waals surface area (Å²) in [5.41, 5.74) is 9.80. The van der Waals surface area contributed by atoms with Crippen molar-refractivity contribution < 1.29 is 4.79 Å². The predicted molar refractivity (Wildman–Crippen MR) is 109 cm³/mol. The summed E-state index contributed by atoms with van der Waals surface area (Å²) in [4.78, 5) is 24.0. The zero-order chi connectivity index (χ0) is 19.8. The van der Waals surface area contributed by atoms with Crippen LogP contribution in [0.2, 0.25) is 0 Å². The fourth-order valence-corrected chi connectivity index (χ4v) is 4.82. The standard InChI is InChI=1S/C22H24N6O/c23-21-24-13-18-6-8-22(19(18)26-21)7-2-10-27(15-22)20(29)17-5-1-4-16(12-17)14-28-11-3-9-25-28/h1,3-5,9,11-13H,2,6-8,10,14-15H2,(H2,23,24,26). The van der Waals surface area contributed by atoms with Crippen molar-refractivity contribution in [1.82, 2.24) is 24.6 Å². The minimum absolute atomic E-state index is 0.0851. The minimum Gasteiger partial charge on any atom is -0.368 e. The molecular formula is C22H24N6O. The molecule has 1 aliphatic carbocycles. The number of hydrogen-bond acceptors (Lipinski definition) is 5. The SMILES string of the molecule is Nc1ncc2c(n1)C1(CCCN(C(=O)c3cccc(Cn4cccn4)c3)C1)CC2. The Morgan fingerprint density at radius 3 is 3.03 bits per heavy atom. The van der Waals surface area contributed by atoms with E-state index in [1.54, 1.807) is 6.20 Å². The van der Waals surface area contributed by atoms with Gasteiger partial charge in [0.1, 0.15) is 0 Å². The monoisotopic (exact) mass is 388 g/mol. The van der Waals surface area contributed by atoms with Crippen LogP contribution in [0.3, 0.4) is 0 Å².